The molecule has 0 atom stereocenters. The zero-order valence-corrected chi connectivity index (χ0v) is 19.0. The lowest BCUT2D eigenvalue weighted by Crippen LogP contribution is -2.25. The first-order valence-electron chi connectivity index (χ1n) is 12.4. The number of nitrogens with zero attached hydrogens (tertiary/aromatic N) is 1. The van der Waals surface area contributed by atoms with E-state index < -0.39 is 0 Å². The van der Waals surface area contributed by atoms with Gasteiger partial charge in [0.1, 0.15) is 5.75 Å². The molecule has 0 radical (unpaired) electrons. The quantitative estimate of drug-likeness (QED) is 0.237. The Labute approximate surface area is 179 Å². The molecular formula is C26H43NO2. The maximum atomic E-state index is 12.4. The van der Waals surface area contributed by atoms with Crippen LogP contribution in [0.3, 0.4) is 0 Å². The minimum atomic E-state index is -0.0616. The Morgan fingerprint density at radius 2 is 1.52 bits per heavy atom. The predicted octanol–water partition coefficient (Wildman–Crippen LogP) is 7.67. The summed E-state index contributed by atoms with van der Waals surface area (Å²) in [6, 6.07) is 3.80. The molecule has 0 N–H and O–H groups in total. The van der Waals surface area contributed by atoms with Crippen LogP contribution in [0.25, 0.3) is 0 Å². The van der Waals surface area contributed by atoms with Crippen molar-refractivity contribution >= 4 is 5.97 Å². The highest BCUT2D eigenvalue weighted by molar-refractivity contribution is 5.75. The number of pyridine rings is 1. The minimum absolute atomic E-state index is 0.0616. The van der Waals surface area contributed by atoms with Crippen LogP contribution in [0.4, 0.5) is 0 Å². The fourth-order valence-corrected chi connectivity index (χ4v) is 4.49. The van der Waals surface area contributed by atoms with Gasteiger partial charge < -0.3 is 4.74 Å². The average Bonchev–Trinajstić information content (AvgIpc) is 2.76. The molecule has 0 spiro atoms. The number of carbonyl (C=O) groups excluding carboxylic acids is 1. The number of hydrogen-bond acceptors (Lipinski definition) is 3. The number of esters is 1. The molecule has 164 valence electrons. The lowest BCUT2D eigenvalue weighted by Gasteiger charge is -2.27. The number of aryl methyl sites for hydroxylation is 1. The summed E-state index contributed by atoms with van der Waals surface area (Å²) in [6.45, 7) is 4.35. The highest BCUT2D eigenvalue weighted by Gasteiger charge is 2.27. The predicted molar refractivity (Wildman–Crippen MR) is 121 cm³/mol. The summed E-state index contributed by atoms with van der Waals surface area (Å²) in [5.41, 5.74) is 1.03. The molecule has 0 saturated heterocycles. The molecule has 1 aromatic heterocycles. The van der Waals surface area contributed by atoms with Gasteiger partial charge in [-0.25, -0.2) is 0 Å². The first kappa shape index (κ1) is 23.9. The van der Waals surface area contributed by atoms with Gasteiger partial charge in [-0.2, -0.15) is 0 Å². The molecule has 1 aromatic rings. The van der Waals surface area contributed by atoms with Crippen LogP contribution in [-0.4, -0.2) is 11.0 Å². The van der Waals surface area contributed by atoms with Crippen molar-refractivity contribution in [3.8, 4) is 5.75 Å². The van der Waals surface area contributed by atoms with E-state index in [0.717, 1.165) is 30.9 Å². The zero-order chi connectivity index (χ0) is 20.7. The number of unbranched alkanes of at least 4 members (excludes halogenated alkanes) is 9. The number of ether oxygens (including phenoxy) is 1. The molecule has 0 amide bonds. The van der Waals surface area contributed by atoms with Gasteiger partial charge in [0.15, 0.2) is 0 Å². The van der Waals surface area contributed by atoms with Crippen LogP contribution in [0.1, 0.15) is 116 Å². The minimum Gasteiger partial charge on any atom is -0.425 e. The Hall–Kier alpha value is -1.38. The van der Waals surface area contributed by atoms with Crippen LogP contribution in [0, 0.1) is 11.8 Å². The van der Waals surface area contributed by atoms with Gasteiger partial charge >= 0.3 is 5.97 Å². The summed E-state index contributed by atoms with van der Waals surface area (Å²) in [6.07, 6.45) is 22.3. The maximum absolute atomic E-state index is 12.4. The fourth-order valence-electron chi connectivity index (χ4n) is 4.49. The number of aromatic nitrogens is 1. The Morgan fingerprint density at radius 1 is 0.897 bits per heavy atom. The number of hydrogen-bond donors (Lipinski definition) is 0. The van der Waals surface area contributed by atoms with Gasteiger partial charge in [-0.1, -0.05) is 84.5 Å². The Bertz CT molecular complexity index is 546. The first-order chi connectivity index (χ1) is 14.2. The van der Waals surface area contributed by atoms with Gasteiger partial charge in [0.05, 0.1) is 12.1 Å². The lowest BCUT2D eigenvalue weighted by molar-refractivity contribution is -0.140. The maximum Gasteiger partial charge on any atom is 0.314 e. The Balaban J connectivity index is 1.49. The van der Waals surface area contributed by atoms with Crippen molar-refractivity contribution in [2.45, 2.75) is 117 Å². The standard InChI is InChI=1S/C26H43NO2/c1-3-5-6-7-8-9-10-11-12-13-14-22-15-17-23(18-16-22)26(28)29-25-20-19-24(4-2)27-21-25/h19-23H,3-18H2,1-2H3/t22-,23-. The van der Waals surface area contributed by atoms with E-state index in [4.69, 9.17) is 4.74 Å². The van der Waals surface area contributed by atoms with E-state index in [-0.39, 0.29) is 11.9 Å². The average molecular weight is 402 g/mol. The van der Waals surface area contributed by atoms with Crippen molar-refractivity contribution in [1.29, 1.82) is 0 Å². The molecule has 3 nitrogen and oxygen atoms in total. The van der Waals surface area contributed by atoms with E-state index in [0.29, 0.717) is 5.75 Å². The van der Waals surface area contributed by atoms with Crippen LogP contribution < -0.4 is 4.74 Å². The topological polar surface area (TPSA) is 39.2 Å². The molecule has 1 heterocycles. The molecule has 0 aromatic carbocycles. The first-order valence-corrected chi connectivity index (χ1v) is 12.4. The van der Waals surface area contributed by atoms with E-state index in [1.165, 1.54) is 83.5 Å². The molecule has 1 saturated carbocycles. The normalized spacial score (nSPS) is 19.2. The molecule has 3 heteroatoms. The largest absolute Gasteiger partial charge is 0.425 e. The third kappa shape index (κ3) is 9.78. The summed E-state index contributed by atoms with van der Waals surface area (Å²) in [5.74, 6) is 1.41. The smallest absolute Gasteiger partial charge is 0.314 e. The van der Waals surface area contributed by atoms with Gasteiger partial charge in [0.25, 0.3) is 0 Å². The lowest BCUT2D eigenvalue weighted by atomic mass is 9.80. The molecule has 1 aliphatic rings. The van der Waals surface area contributed by atoms with Gasteiger partial charge in [0, 0.05) is 5.69 Å². The second-order valence-corrected chi connectivity index (χ2v) is 8.95. The highest BCUT2D eigenvalue weighted by Crippen LogP contribution is 2.33. The third-order valence-corrected chi connectivity index (χ3v) is 6.52. The summed E-state index contributed by atoms with van der Waals surface area (Å²) in [4.78, 5) is 16.7. The van der Waals surface area contributed by atoms with Crippen molar-refractivity contribution in [3.05, 3.63) is 24.0 Å². The van der Waals surface area contributed by atoms with E-state index in [1.54, 1.807) is 6.20 Å². The van der Waals surface area contributed by atoms with Crippen molar-refractivity contribution in [2.75, 3.05) is 0 Å². The van der Waals surface area contributed by atoms with Crippen molar-refractivity contribution < 1.29 is 9.53 Å². The van der Waals surface area contributed by atoms with E-state index in [1.807, 2.05) is 12.1 Å². The van der Waals surface area contributed by atoms with Gasteiger partial charge in [-0.3, -0.25) is 9.78 Å². The molecular weight excluding hydrogens is 358 g/mol. The molecule has 0 bridgehead atoms. The summed E-state index contributed by atoms with van der Waals surface area (Å²) >= 11 is 0. The molecule has 29 heavy (non-hydrogen) atoms. The molecule has 0 unspecified atom stereocenters. The third-order valence-electron chi connectivity index (χ3n) is 6.52. The Kier molecular flexibility index (Phi) is 12.0. The van der Waals surface area contributed by atoms with Crippen molar-refractivity contribution in [2.24, 2.45) is 11.8 Å². The van der Waals surface area contributed by atoms with Crippen molar-refractivity contribution in [3.63, 3.8) is 0 Å². The molecule has 0 aliphatic heterocycles. The number of carbonyl (C=O) groups is 1. The highest BCUT2D eigenvalue weighted by atomic mass is 16.5. The zero-order valence-electron chi connectivity index (χ0n) is 19.0. The SMILES string of the molecule is CCCCCCCCCCCC[C@H]1CC[C@H](C(=O)Oc2ccc(CC)nc2)CC1. The summed E-state index contributed by atoms with van der Waals surface area (Å²) < 4.78 is 5.55. The van der Waals surface area contributed by atoms with E-state index in [2.05, 4.69) is 18.8 Å². The van der Waals surface area contributed by atoms with Crippen LogP contribution in [0.2, 0.25) is 0 Å². The van der Waals surface area contributed by atoms with Crippen LogP contribution in [0.15, 0.2) is 18.3 Å². The van der Waals surface area contributed by atoms with Gasteiger partial charge in [-0.05, 0) is 50.2 Å². The van der Waals surface area contributed by atoms with Gasteiger partial charge in [0.2, 0.25) is 0 Å². The summed E-state index contributed by atoms with van der Waals surface area (Å²) in [7, 11) is 0. The van der Waals surface area contributed by atoms with Crippen LogP contribution >= 0.6 is 0 Å². The van der Waals surface area contributed by atoms with Crippen molar-refractivity contribution in [1.82, 2.24) is 4.98 Å². The summed E-state index contributed by atoms with van der Waals surface area (Å²) in [5, 5.41) is 0. The monoisotopic (exact) mass is 401 g/mol. The van der Waals surface area contributed by atoms with Crippen LogP contribution in [-0.2, 0) is 11.2 Å². The molecule has 1 aliphatic carbocycles. The molecule has 1 fully saturated rings. The van der Waals surface area contributed by atoms with Gasteiger partial charge in [-0.15, -0.1) is 0 Å². The fraction of sp³-hybridized carbons (Fsp3) is 0.769. The van der Waals surface area contributed by atoms with Crippen LogP contribution in [0.5, 0.6) is 5.75 Å². The number of rotatable bonds is 14. The van der Waals surface area contributed by atoms with E-state index in [9.17, 15) is 4.79 Å². The second kappa shape index (κ2) is 14.6. The Morgan fingerprint density at radius 3 is 2.07 bits per heavy atom. The second-order valence-electron chi connectivity index (χ2n) is 8.95. The van der Waals surface area contributed by atoms with E-state index >= 15 is 0 Å². The molecule has 2 rings (SSSR count).